The predicted molar refractivity (Wildman–Crippen MR) is 90.5 cm³/mol. The summed E-state index contributed by atoms with van der Waals surface area (Å²) in [5.41, 5.74) is 6.45. The molecule has 132 valence electrons. The number of alkyl halides is 3. The van der Waals surface area contributed by atoms with E-state index >= 15 is 0 Å². The minimum atomic E-state index is -4.51. The summed E-state index contributed by atoms with van der Waals surface area (Å²) in [7, 11) is 0. The van der Waals surface area contributed by atoms with Crippen LogP contribution in [0.1, 0.15) is 29.7 Å². The van der Waals surface area contributed by atoms with Crippen LogP contribution in [0, 0.1) is 0 Å². The number of nitrogens with zero attached hydrogens (tertiary/aromatic N) is 1. The highest BCUT2D eigenvalue weighted by molar-refractivity contribution is 6.31. The summed E-state index contributed by atoms with van der Waals surface area (Å²) < 4.78 is 40.1. The van der Waals surface area contributed by atoms with Crippen LogP contribution in [0.15, 0.2) is 42.5 Å². The molecule has 1 aliphatic heterocycles. The highest BCUT2D eigenvalue weighted by Gasteiger charge is 2.39. The van der Waals surface area contributed by atoms with Crippen molar-refractivity contribution in [2.24, 2.45) is 5.73 Å². The molecule has 0 aliphatic carbocycles. The van der Waals surface area contributed by atoms with Crippen molar-refractivity contribution in [1.29, 1.82) is 0 Å². The van der Waals surface area contributed by atoms with E-state index in [4.69, 9.17) is 17.3 Å². The lowest BCUT2D eigenvalue weighted by Gasteiger charge is -2.38. The van der Waals surface area contributed by atoms with Crippen molar-refractivity contribution in [2.45, 2.75) is 31.6 Å². The van der Waals surface area contributed by atoms with Crippen molar-refractivity contribution in [3.63, 3.8) is 0 Å². The molecule has 0 aromatic heterocycles. The van der Waals surface area contributed by atoms with Gasteiger partial charge in [0, 0.05) is 10.7 Å². The first-order valence-corrected chi connectivity index (χ1v) is 8.11. The molecule has 1 amide bonds. The topological polar surface area (TPSA) is 46.3 Å². The molecule has 0 saturated carbocycles. The highest BCUT2D eigenvalue weighted by Crippen LogP contribution is 2.40. The van der Waals surface area contributed by atoms with Crippen molar-refractivity contribution >= 4 is 23.2 Å². The Hall–Kier alpha value is -2.05. The van der Waals surface area contributed by atoms with Gasteiger partial charge in [0.25, 0.3) is 0 Å². The molecule has 3 rings (SSSR count). The summed E-state index contributed by atoms with van der Waals surface area (Å²) >= 11 is 6.03. The van der Waals surface area contributed by atoms with Crippen LogP contribution in [-0.2, 0) is 17.4 Å². The van der Waals surface area contributed by atoms with Gasteiger partial charge >= 0.3 is 6.18 Å². The van der Waals surface area contributed by atoms with Crippen LogP contribution in [0.25, 0.3) is 0 Å². The van der Waals surface area contributed by atoms with Gasteiger partial charge in [-0.15, -0.1) is 0 Å². The zero-order chi connectivity index (χ0) is 18.4. The van der Waals surface area contributed by atoms with E-state index in [-0.39, 0.29) is 5.56 Å². The molecule has 2 atom stereocenters. The molecule has 1 aliphatic rings. The van der Waals surface area contributed by atoms with Crippen molar-refractivity contribution in [1.82, 2.24) is 0 Å². The van der Waals surface area contributed by atoms with Crippen LogP contribution in [0.3, 0.4) is 0 Å². The molecule has 0 saturated heterocycles. The maximum Gasteiger partial charge on any atom is 0.416 e. The fraction of sp³-hybridized carbons (Fsp3) is 0.278. The quantitative estimate of drug-likeness (QED) is 0.857. The third kappa shape index (κ3) is 3.24. The largest absolute Gasteiger partial charge is 0.416 e. The van der Waals surface area contributed by atoms with Crippen LogP contribution in [-0.4, -0.2) is 11.9 Å². The first kappa shape index (κ1) is 17.8. The van der Waals surface area contributed by atoms with Crippen LogP contribution in [0.2, 0.25) is 5.02 Å². The van der Waals surface area contributed by atoms with E-state index in [0.29, 0.717) is 17.1 Å². The Morgan fingerprint density at radius 2 is 1.92 bits per heavy atom. The van der Waals surface area contributed by atoms with E-state index in [2.05, 4.69) is 0 Å². The zero-order valence-electron chi connectivity index (χ0n) is 13.3. The molecule has 0 spiro atoms. The lowest BCUT2D eigenvalue weighted by atomic mass is 9.93. The fourth-order valence-corrected chi connectivity index (χ4v) is 3.38. The summed E-state index contributed by atoms with van der Waals surface area (Å²) in [6, 6.07) is 8.62. The molecule has 25 heavy (non-hydrogen) atoms. The number of amides is 1. The van der Waals surface area contributed by atoms with E-state index in [1.807, 2.05) is 0 Å². The number of nitrogens with two attached hydrogens (primary N) is 1. The number of carbonyl (C=O) groups excluding carboxylic acids is 1. The SMILES string of the molecule is C[C@@H](c1ccccc1C(F)(F)F)N1C(=O)[C@H](N)Cc2ccc(Cl)cc21. The Morgan fingerprint density at radius 3 is 2.60 bits per heavy atom. The van der Waals surface area contributed by atoms with Crippen LogP contribution >= 0.6 is 11.6 Å². The van der Waals surface area contributed by atoms with Gasteiger partial charge in [0.2, 0.25) is 5.91 Å². The van der Waals surface area contributed by atoms with Crippen molar-refractivity contribution < 1.29 is 18.0 Å². The van der Waals surface area contributed by atoms with Crippen molar-refractivity contribution in [3.05, 3.63) is 64.2 Å². The molecule has 2 aromatic carbocycles. The molecule has 0 radical (unpaired) electrons. The third-order valence-corrected chi connectivity index (χ3v) is 4.64. The van der Waals surface area contributed by atoms with E-state index in [1.54, 1.807) is 25.1 Å². The summed E-state index contributed by atoms with van der Waals surface area (Å²) in [5.74, 6) is -0.417. The molecule has 0 unspecified atom stereocenters. The van der Waals surface area contributed by atoms with Gasteiger partial charge in [0.15, 0.2) is 0 Å². The Kier molecular flexibility index (Phi) is 4.51. The van der Waals surface area contributed by atoms with Crippen molar-refractivity contribution in [2.75, 3.05) is 4.90 Å². The standard InChI is InChI=1S/C18H16ClF3N2O/c1-10(13-4-2-3-5-14(13)18(20,21)22)24-16-9-12(19)7-6-11(16)8-15(23)17(24)25/h2-7,9-10,15H,8,23H2,1H3/t10-,15+/m0/s1. The van der Waals surface area contributed by atoms with Gasteiger partial charge in [-0.1, -0.05) is 35.9 Å². The highest BCUT2D eigenvalue weighted by atomic mass is 35.5. The zero-order valence-corrected chi connectivity index (χ0v) is 14.1. The lowest BCUT2D eigenvalue weighted by molar-refractivity contribution is -0.138. The monoisotopic (exact) mass is 368 g/mol. The van der Waals surface area contributed by atoms with E-state index in [0.717, 1.165) is 11.6 Å². The second-order valence-electron chi connectivity index (χ2n) is 6.05. The Labute approximate surface area is 148 Å². The normalized spacial score (nSPS) is 18.9. The number of halogens is 4. The molecular formula is C18H16ClF3N2O. The van der Waals surface area contributed by atoms with Gasteiger partial charge in [-0.2, -0.15) is 13.2 Å². The second-order valence-corrected chi connectivity index (χ2v) is 6.49. The number of rotatable bonds is 2. The van der Waals surface area contributed by atoms with Gasteiger partial charge in [0.05, 0.1) is 17.6 Å². The molecule has 1 heterocycles. The number of hydrogen-bond donors (Lipinski definition) is 1. The summed E-state index contributed by atoms with van der Waals surface area (Å²) in [5, 5.41) is 0.406. The smallest absolute Gasteiger partial charge is 0.320 e. The van der Waals surface area contributed by atoms with Crippen LogP contribution in [0.4, 0.5) is 18.9 Å². The fourth-order valence-electron chi connectivity index (χ4n) is 3.21. The Morgan fingerprint density at radius 1 is 1.24 bits per heavy atom. The molecule has 2 aromatic rings. The lowest BCUT2D eigenvalue weighted by Crippen LogP contribution is -2.50. The van der Waals surface area contributed by atoms with Crippen LogP contribution < -0.4 is 10.6 Å². The summed E-state index contributed by atoms with van der Waals surface area (Å²) in [6.45, 7) is 1.56. The predicted octanol–water partition coefficient (Wildman–Crippen LogP) is 4.34. The Balaban J connectivity index is 2.13. The van der Waals surface area contributed by atoms with Crippen molar-refractivity contribution in [3.8, 4) is 0 Å². The minimum Gasteiger partial charge on any atom is -0.320 e. The Bertz CT molecular complexity index is 822. The van der Waals surface area contributed by atoms with Gasteiger partial charge in [0.1, 0.15) is 0 Å². The van der Waals surface area contributed by atoms with E-state index in [9.17, 15) is 18.0 Å². The molecule has 3 nitrogen and oxygen atoms in total. The number of fused-ring (bicyclic) bond motifs is 1. The molecule has 2 N–H and O–H groups in total. The number of carbonyl (C=O) groups is 1. The average molecular weight is 369 g/mol. The van der Waals surface area contributed by atoms with Gasteiger partial charge in [-0.25, -0.2) is 0 Å². The summed E-state index contributed by atoms with van der Waals surface area (Å²) in [4.78, 5) is 14.0. The molecule has 0 fully saturated rings. The van der Waals surface area contributed by atoms with E-state index in [1.165, 1.54) is 23.1 Å². The maximum absolute atomic E-state index is 13.4. The average Bonchev–Trinajstić information content (AvgIpc) is 2.55. The number of hydrogen-bond acceptors (Lipinski definition) is 2. The number of anilines is 1. The van der Waals surface area contributed by atoms with Gasteiger partial charge in [-0.05, 0) is 42.7 Å². The van der Waals surface area contributed by atoms with Gasteiger partial charge < -0.3 is 10.6 Å². The van der Waals surface area contributed by atoms with Crippen LogP contribution in [0.5, 0.6) is 0 Å². The molecule has 0 bridgehead atoms. The van der Waals surface area contributed by atoms with Gasteiger partial charge in [-0.3, -0.25) is 4.79 Å². The maximum atomic E-state index is 13.4. The first-order chi connectivity index (χ1) is 11.7. The summed E-state index contributed by atoms with van der Waals surface area (Å²) in [6.07, 6.45) is -4.18. The second kappa shape index (κ2) is 6.35. The minimum absolute atomic E-state index is 0.0170. The number of benzene rings is 2. The molecular weight excluding hydrogens is 353 g/mol. The molecule has 7 heteroatoms. The van der Waals surface area contributed by atoms with E-state index < -0.39 is 29.7 Å². The first-order valence-electron chi connectivity index (χ1n) is 7.73. The third-order valence-electron chi connectivity index (χ3n) is 4.40.